The molecule has 0 saturated carbocycles. The van der Waals surface area contributed by atoms with Crippen LogP contribution in [0.1, 0.15) is 58.3 Å². The minimum atomic E-state index is -0.914. The molecule has 8 heteroatoms. The van der Waals surface area contributed by atoms with E-state index < -0.39 is 11.6 Å². The molecule has 4 rings (SSSR count). The minimum Gasteiger partial charge on any atom is -0.424 e. The van der Waals surface area contributed by atoms with E-state index in [0.717, 1.165) is 16.0 Å². The lowest BCUT2D eigenvalue weighted by Crippen LogP contribution is -2.43. The van der Waals surface area contributed by atoms with Gasteiger partial charge < -0.3 is 14.8 Å². The summed E-state index contributed by atoms with van der Waals surface area (Å²) in [6.45, 7) is 10.6. The van der Waals surface area contributed by atoms with E-state index in [0.29, 0.717) is 24.5 Å². The van der Waals surface area contributed by atoms with E-state index in [4.69, 9.17) is 9.47 Å². The topological polar surface area (TPSA) is 93.7 Å². The van der Waals surface area contributed by atoms with Crippen molar-refractivity contribution in [2.45, 2.75) is 59.3 Å². The van der Waals surface area contributed by atoms with Crippen molar-refractivity contribution in [3.05, 3.63) is 41.7 Å². The molecule has 2 atom stereocenters. The quantitative estimate of drug-likeness (QED) is 0.763. The first kappa shape index (κ1) is 20.3. The number of fused-ring (bicyclic) bond motifs is 1. The van der Waals surface area contributed by atoms with Gasteiger partial charge in [0.15, 0.2) is 0 Å². The number of ether oxygens (including phenoxy) is 2. The van der Waals surface area contributed by atoms with E-state index in [9.17, 15) is 9.59 Å². The van der Waals surface area contributed by atoms with Crippen LogP contribution in [0, 0.1) is 5.41 Å². The summed E-state index contributed by atoms with van der Waals surface area (Å²) in [5.41, 5.74) is 1.61. The standard InChI is InChI=1S/C22H26N4O4/c1-6-22(5)18(27)26(20(28)25-22)14-10-23-19(24-11-14)30-15-8-7-13-12-29-17(16(13)9-15)21(2,3)4/h7-11,17H,6,12H2,1-5H3,(H,25,28)/t17?,22-/m1/s1. The molecule has 1 fully saturated rings. The number of anilines is 1. The van der Waals surface area contributed by atoms with Crippen molar-refractivity contribution >= 4 is 17.6 Å². The summed E-state index contributed by atoms with van der Waals surface area (Å²) in [4.78, 5) is 34.3. The van der Waals surface area contributed by atoms with Crippen LogP contribution >= 0.6 is 0 Å². The van der Waals surface area contributed by atoms with Gasteiger partial charge >= 0.3 is 12.0 Å². The summed E-state index contributed by atoms with van der Waals surface area (Å²) in [6, 6.07) is 5.46. The highest BCUT2D eigenvalue weighted by molar-refractivity contribution is 6.23. The van der Waals surface area contributed by atoms with Gasteiger partial charge in [0.1, 0.15) is 11.3 Å². The summed E-state index contributed by atoms with van der Waals surface area (Å²) >= 11 is 0. The van der Waals surface area contributed by atoms with Gasteiger partial charge in [-0.05, 0) is 42.0 Å². The van der Waals surface area contributed by atoms with Crippen LogP contribution in [0.15, 0.2) is 30.6 Å². The fraction of sp³-hybridized carbons (Fsp3) is 0.455. The van der Waals surface area contributed by atoms with Crippen molar-refractivity contribution < 1.29 is 19.1 Å². The Hall–Kier alpha value is -3.00. The zero-order valence-corrected chi connectivity index (χ0v) is 17.9. The summed E-state index contributed by atoms with van der Waals surface area (Å²) in [5, 5.41) is 2.71. The lowest BCUT2D eigenvalue weighted by atomic mass is 9.84. The minimum absolute atomic E-state index is 0.00749. The average molecular weight is 410 g/mol. The van der Waals surface area contributed by atoms with Crippen LogP contribution in [-0.4, -0.2) is 27.4 Å². The molecule has 0 radical (unpaired) electrons. The smallest absolute Gasteiger partial charge is 0.329 e. The molecule has 158 valence electrons. The first-order valence-electron chi connectivity index (χ1n) is 10.0. The van der Waals surface area contributed by atoms with Crippen LogP contribution < -0.4 is 15.0 Å². The van der Waals surface area contributed by atoms with E-state index in [2.05, 4.69) is 36.1 Å². The van der Waals surface area contributed by atoms with Gasteiger partial charge in [-0.15, -0.1) is 0 Å². The largest absolute Gasteiger partial charge is 0.424 e. The molecular formula is C22H26N4O4. The highest BCUT2D eigenvalue weighted by Crippen LogP contribution is 2.44. The van der Waals surface area contributed by atoms with Gasteiger partial charge in [0.05, 0.1) is 30.8 Å². The molecule has 1 aromatic heterocycles. The third kappa shape index (κ3) is 3.41. The normalized spacial score (nSPS) is 23.5. The number of nitrogens with one attached hydrogen (secondary N) is 1. The van der Waals surface area contributed by atoms with Crippen LogP contribution in [0.4, 0.5) is 10.5 Å². The number of nitrogens with zero attached hydrogens (tertiary/aromatic N) is 3. The first-order chi connectivity index (χ1) is 14.1. The number of imide groups is 1. The van der Waals surface area contributed by atoms with E-state index in [1.54, 1.807) is 6.92 Å². The number of carbonyl (C=O) groups excluding carboxylic acids is 2. The highest BCUT2D eigenvalue weighted by atomic mass is 16.5. The Morgan fingerprint density at radius 2 is 1.97 bits per heavy atom. The third-order valence-corrected chi connectivity index (χ3v) is 5.64. The van der Waals surface area contributed by atoms with E-state index in [-0.39, 0.29) is 23.4 Å². The first-order valence-corrected chi connectivity index (χ1v) is 10.0. The van der Waals surface area contributed by atoms with Crippen LogP contribution in [0.2, 0.25) is 0 Å². The van der Waals surface area contributed by atoms with Gasteiger partial charge in [-0.25, -0.2) is 19.7 Å². The van der Waals surface area contributed by atoms with Crippen LogP contribution in [0.5, 0.6) is 11.8 Å². The summed E-state index contributed by atoms with van der Waals surface area (Å²) in [7, 11) is 0. The number of amides is 3. The SMILES string of the molecule is CC[C@@]1(C)NC(=O)N(c2cnc(Oc3ccc4c(c3)C(C(C)(C)C)OC4)nc2)C1=O. The van der Waals surface area contributed by atoms with E-state index in [1.165, 1.54) is 12.4 Å². The Bertz CT molecular complexity index is 999. The number of rotatable bonds is 4. The second kappa shape index (κ2) is 7.05. The summed E-state index contributed by atoms with van der Waals surface area (Å²) < 4.78 is 11.8. The molecule has 1 aromatic carbocycles. The molecule has 0 bridgehead atoms. The second-order valence-corrected chi connectivity index (χ2v) is 9.00. The Morgan fingerprint density at radius 3 is 2.57 bits per heavy atom. The van der Waals surface area contributed by atoms with Crippen molar-refractivity contribution in [1.29, 1.82) is 0 Å². The van der Waals surface area contributed by atoms with Crippen molar-refractivity contribution in [2.24, 2.45) is 5.41 Å². The zero-order chi connectivity index (χ0) is 21.7. The number of hydrogen-bond acceptors (Lipinski definition) is 6. The van der Waals surface area contributed by atoms with Crippen molar-refractivity contribution in [3.63, 3.8) is 0 Å². The van der Waals surface area contributed by atoms with Crippen molar-refractivity contribution in [1.82, 2.24) is 15.3 Å². The average Bonchev–Trinajstić information content (AvgIpc) is 3.21. The van der Waals surface area contributed by atoms with Gasteiger partial charge in [0.2, 0.25) is 0 Å². The Balaban J connectivity index is 1.53. The van der Waals surface area contributed by atoms with Crippen molar-refractivity contribution in [3.8, 4) is 11.8 Å². The molecule has 1 unspecified atom stereocenters. The third-order valence-electron chi connectivity index (χ3n) is 5.64. The van der Waals surface area contributed by atoms with Gasteiger partial charge in [-0.1, -0.05) is 33.8 Å². The number of benzene rings is 1. The number of urea groups is 1. The molecule has 2 aromatic rings. The molecule has 3 heterocycles. The predicted octanol–water partition coefficient (Wildman–Crippen LogP) is 4.11. The van der Waals surface area contributed by atoms with Crippen molar-refractivity contribution in [2.75, 3.05) is 4.90 Å². The second-order valence-electron chi connectivity index (χ2n) is 9.00. The molecule has 2 aliphatic rings. The number of carbonyl (C=O) groups is 2. The molecule has 8 nitrogen and oxygen atoms in total. The van der Waals surface area contributed by atoms with E-state index in [1.807, 2.05) is 25.1 Å². The van der Waals surface area contributed by atoms with Gasteiger partial charge in [0.25, 0.3) is 5.91 Å². The number of aromatic nitrogens is 2. The maximum atomic E-state index is 12.6. The summed E-state index contributed by atoms with van der Waals surface area (Å²) in [6.07, 6.45) is 3.31. The van der Waals surface area contributed by atoms with Gasteiger partial charge in [-0.3, -0.25) is 4.79 Å². The van der Waals surface area contributed by atoms with Crippen LogP contribution in [0.3, 0.4) is 0 Å². The molecule has 3 amide bonds. The molecular weight excluding hydrogens is 384 g/mol. The van der Waals surface area contributed by atoms with Gasteiger partial charge in [0, 0.05) is 0 Å². The number of hydrogen-bond donors (Lipinski definition) is 1. The fourth-order valence-corrected chi connectivity index (χ4v) is 3.73. The lowest BCUT2D eigenvalue weighted by molar-refractivity contribution is -0.121. The van der Waals surface area contributed by atoms with Crippen LogP contribution in [-0.2, 0) is 16.1 Å². The van der Waals surface area contributed by atoms with E-state index >= 15 is 0 Å². The summed E-state index contributed by atoms with van der Waals surface area (Å²) in [5.74, 6) is 0.286. The maximum absolute atomic E-state index is 12.6. The Kier molecular flexibility index (Phi) is 4.77. The van der Waals surface area contributed by atoms with Crippen LogP contribution in [0.25, 0.3) is 0 Å². The fourth-order valence-electron chi connectivity index (χ4n) is 3.73. The molecule has 30 heavy (non-hydrogen) atoms. The lowest BCUT2D eigenvalue weighted by Gasteiger charge is -2.26. The molecule has 2 aliphatic heterocycles. The molecule has 1 N–H and O–H groups in total. The Labute approximate surface area is 175 Å². The molecule has 0 aliphatic carbocycles. The zero-order valence-electron chi connectivity index (χ0n) is 17.9. The monoisotopic (exact) mass is 410 g/mol. The maximum Gasteiger partial charge on any atom is 0.329 e. The molecule has 0 spiro atoms. The van der Waals surface area contributed by atoms with Gasteiger partial charge in [-0.2, -0.15) is 0 Å². The highest BCUT2D eigenvalue weighted by Gasteiger charge is 2.47. The molecule has 1 saturated heterocycles. The Morgan fingerprint density at radius 1 is 1.27 bits per heavy atom. The predicted molar refractivity (Wildman–Crippen MR) is 110 cm³/mol.